The maximum absolute atomic E-state index is 5.39. The molecule has 0 fully saturated rings. The molecule has 1 heterocycles. The fraction of sp³-hybridized carbons (Fsp3) is 0.375. The third-order valence-electron chi connectivity index (χ3n) is 1.52. The molecule has 0 aliphatic rings. The molecule has 0 atom stereocenters. The average molecular weight is 216 g/mol. The fourth-order valence-corrected chi connectivity index (χ4v) is 1.18. The summed E-state index contributed by atoms with van der Waals surface area (Å²) in [5.74, 6) is 1.73. The Balaban J connectivity index is 3.18. The third kappa shape index (κ3) is 1.53. The smallest absolute Gasteiger partial charge is 0.148 e. The lowest BCUT2D eigenvalue weighted by Gasteiger charge is -1.85. The van der Waals surface area contributed by atoms with Crippen LogP contribution >= 0.6 is 15.9 Å². The first-order valence-electron chi connectivity index (χ1n) is 3.34. The molecule has 3 heteroatoms. The van der Waals surface area contributed by atoms with Crippen LogP contribution in [0.25, 0.3) is 0 Å². The van der Waals surface area contributed by atoms with Crippen molar-refractivity contribution in [3.8, 4) is 0 Å². The van der Waals surface area contributed by atoms with E-state index in [2.05, 4.69) is 20.9 Å². The molecule has 0 radical (unpaired) electrons. The Morgan fingerprint density at radius 1 is 1.45 bits per heavy atom. The van der Waals surface area contributed by atoms with Crippen molar-refractivity contribution >= 4 is 22.1 Å². The molecule has 0 unspecified atom stereocenters. The minimum Gasteiger partial charge on any atom is -0.459 e. The molecule has 0 amide bonds. The highest BCUT2D eigenvalue weighted by molar-refractivity contribution is 9.10. The second-order valence-electron chi connectivity index (χ2n) is 2.35. The fourth-order valence-electron chi connectivity index (χ4n) is 0.899. The minimum atomic E-state index is 0.830. The van der Waals surface area contributed by atoms with Crippen LogP contribution in [-0.2, 0) is 0 Å². The summed E-state index contributed by atoms with van der Waals surface area (Å²) in [5, 5.41) is 0. The van der Waals surface area contributed by atoms with Crippen LogP contribution in [0.2, 0.25) is 0 Å². The lowest BCUT2D eigenvalue weighted by molar-refractivity contribution is 0.525. The number of furan rings is 1. The molecule has 0 spiro atoms. The van der Waals surface area contributed by atoms with Gasteiger partial charge in [0.2, 0.25) is 0 Å². The molecule has 1 aromatic heterocycles. The van der Waals surface area contributed by atoms with Gasteiger partial charge < -0.3 is 4.42 Å². The molecule has 1 rings (SSSR count). The van der Waals surface area contributed by atoms with Gasteiger partial charge >= 0.3 is 0 Å². The number of nitrogens with zero attached hydrogens (tertiary/aromatic N) is 1. The Bertz CT molecular complexity index is 289. The van der Waals surface area contributed by atoms with Gasteiger partial charge in [-0.05, 0) is 29.8 Å². The van der Waals surface area contributed by atoms with E-state index in [9.17, 15) is 0 Å². The quantitative estimate of drug-likeness (QED) is 0.662. The minimum absolute atomic E-state index is 0.830. The summed E-state index contributed by atoms with van der Waals surface area (Å²) >= 11 is 3.41. The highest BCUT2D eigenvalue weighted by Crippen LogP contribution is 2.25. The molecule has 60 valence electrons. The molecule has 0 N–H and O–H groups in total. The Morgan fingerprint density at radius 3 is 2.45 bits per heavy atom. The number of halogens is 1. The Kier molecular flexibility index (Phi) is 2.49. The summed E-state index contributed by atoms with van der Waals surface area (Å²) in [5.41, 5.74) is 1.10. The summed E-state index contributed by atoms with van der Waals surface area (Å²) in [7, 11) is 1.73. The van der Waals surface area contributed by atoms with Crippen LogP contribution in [0.15, 0.2) is 13.9 Å². The van der Waals surface area contributed by atoms with Crippen LogP contribution in [0.5, 0.6) is 0 Å². The van der Waals surface area contributed by atoms with Gasteiger partial charge in [-0.2, -0.15) is 0 Å². The molecular weight excluding hydrogens is 206 g/mol. The molecule has 11 heavy (non-hydrogen) atoms. The maximum atomic E-state index is 5.39. The van der Waals surface area contributed by atoms with Gasteiger partial charge in [0.25, 0.3) is 0 Å². The average Bonchev–Trinajstić information content (AvgIpc) is 2.19. The topological polar surface area (TPSA) is 25.5 Å². The monoisotopic (exact) mass is 215 g/mol. The zero-order valence-electron chi connectivity index (χ0n) is 6.81. The largest absolute Gasteiger partial charge is 0.459 e. The maximum Gasteiger partial charge on any atom is 0.148 e. The highest BCUT2D eigenvalue weighted by Gasteiger charge is 2.08. The highest BCUT2D eigenvalue weighted by atomic mass is 79.9. The van der Waals surface area contributed by atoms with E-state index in [0.717, 1.165) is 21.6 Å². The molecule has 1 aromatic rings. The lowest BCUT2D eigenvalue weighted by atomic mass is 10.3. The number of rotatable bonds is 1. The standard InChI is InChI=1S/C8H10BrNO/c1-5-7(4-10-3)11-6(2)8(5)9/h4H,1-3H3. The van der Waals surface area contributed by atoms with E-state index in [4.69, 9.17) is 4.42 Å². The zero-order chi connectivity index (χ0) is 8.43. The van der Waals surface area contributed by atoms with Crippen molar-refractivity contribution in [3.05, 3.63) is 21.6 Å². The van der Waals surface area contributed by atoms with Crippen molar-refractivity contribution in [3.63, 3.8) is 0 Å². The Labute approximate surface area is 74.4 Å². The van der Waals surface area contributed by atoms with Gasteiger partial charge in [0.1, 0.15) is 11.5 Å². The number of hydrogen-bond acceptors (Lipinski definition) is 2. The summed E-state index contributed by atoms with van der Waals surface area (Å²) < 4.78 is 6.42. The van der Waals surface area contributed by atoms with Gasteiger partial charge in [0.05, 0.1) is 10.7 Å². The number of hydrogen-bond donors (Lipinski definition) is 0. The zero-order valence-corrected chi connectivity index (χ0v) is 8.40. The van der Waals surface area contributed by atoms with Crippen molar-refractivity contribution in [2.24, 2.45) is 4.99 Å². The van der Waals surface area contributed by atoms with E-state index >= 15 is 0 Å². The van der Waals surface area contributed by atoms with Gasteiger partial charge in [-0.3, -0.25) is 4.99 Å². The van der Waals surface area contributed by atoms with Crippen molar-refractivity contribution < 1.29 is 4.42 Å². The summed E-state index contributed by atoms with van der Waals surface area (Å²) in [6.07, 6.45) is 1.72. The predicted molar refractivity (Wildman–Crippen MR) is 49.4 cm³/mol. The van der Waals surface area contributed by atoms with E-state index in [0.29, 0.717) is 0 Å². The van der Waals surface area contributed by atoms with Crippen molar-refractivity contribution in [2.75, 3.05) is 7.05 Å². The van der Waals surface area contributed by atoms with Crippen LogP contribution in [0, 0.1) is 13.8 Å². The first kappa shape index (κ1) is 8.53. The predicted octanol–water partition coefficient (Wildman–Crippen LogP) is 2.71. The Hall–Kier alpha value is -0.570. The van der Waals surface area contributed by atoms with Crippen molar-refractivity contribution in [1.29, 1.82) is 0 Å². The SMILES string of the molecule is CN=Cc1oc(C)c(Br)c1C. The van der Waals surface area contributed by atoms with E-state index in [-0.39, 0.29) is 0 Å². The van der Waals surface area contributed by atoms with E-state index in [1.807, 2.05) is 13.8 Å². The van der Waals surface area contributed by atoms with E-state index in [1.165, 1.54) is 0 Å². The molecule has 0 bridgehead atoms. The van der Waals surface area contributed by atoms with Crippen molar-refractivity contribution in [2.45, 2.75) is 13.8 Å². The van der Waals surface area contributed by atoms with Crippen LogP contribution in [0.3, 0.4) is 0 Å². The molecule has 0 saturated heterocycles. The molecule has 2 nitrogen and oxygen atoms in total. The lowest BCUT2D eigenvalue weighted by Crippen LogP contribution is -1.78. The van der Waals surface area contributed by atoms with Gasteiger partial charge in [-0.15, -0.1) is 0 Å². The summed E-state index contributed by atoms with van der Waals surface area (Å²) in [6, 6.07) is 0. The first-order chi connectivity index (χ1) is 5.16. The molecule has 0 aliphatic carbocycles. The van der Waals surface area contributed by atoms with Gasteiger partial charge in [-0.25, -0.2) is 0 Å². The number of aliphatic imine (C=N–C) groups is 1. The van der Waals surface area contributed by atoms with Gasteiger partial charge in [-0.1, -0.05) is 0 Å². The Morgan fingerprint density at radius 2 is 2.09 bits per heavy atom. The van der Waals surface area contributed by atoms with Crippen LogP contribution in [-0.4, -0.2) is 13.3 Å². The molecule has 0 aromatic carbocycles. The van der Waals surface area contributed by atoms with E-state index in [1.54, 1.807) is 13.3 Å². The second-order valence-corrected chi connectivity index (χ2v) is 3.14. The van der Waals surface area contributed by atoms with Crippen LogP contribution in [0.1, 0.15) is 17.1 Å². The second kappa shape index (κ2) is 3.22. The summed E-state index contributed by atoms with van der Waals surface area (Å²) in [6.45, 7) is 3.92. The van der Waals surface area contributed by atoms with E-state index < -0.39 is 0 Å². The molecule has 0 aliphatic heterocycles. The van der Waals surface area contributed by atoms with Gasteiger partial charge in [0, 0.05) is 12.6 Å². The third-order valence-corrected chi connectivity index (χ3v) is 2.67. The summed E-state index contributed by atoms with van der Waals surface area (Å²) in [4.78, 5) is 3.88. The molecule has 0 saturated carbocycles. The van der Waals surface area contributed by atoms with Crippen molar-refractivity contribution in [1.82, 2.24) is 0 Å². The molecular formula is C8H10BrNO. The van der Waals surface area contributed by atoms with Crippen LogP contribution in [0.4, 0.5) is 0 Å². The normalized spacial score (nSPS) is 11.3. The van der Waals surface area contributed by atoms with Gasteiger partial charge in [0.15, 0.2) is 0 Å². The van der Waals surface area contributed by atoms with Crippen LogP contribution < -0.4 is 0 Å². The first-order valence-corrected chi connectivity index (χ1v) is 4.13. The number of aryl methyl sites for hydroxylation is 1.